The van der Waals surface area contributed by atoms with Crippen LogP contribution in [0.25, 0.3) is 0 Å². The Morgan fingerprint density at radius 3 is 3.14 bits per heavy atom. The lowest BCUT2D eigenvalue weighted by Gasteiger charge is -2.32. The van der Waals surface area contributed by atoms with Gasteiger partial charge in [-0.25, -0.2) is 4.98 Å². The van der Waals surface area contributed by atoms with Crippen molar-refractivity contribution in [3.05, 3.63) is 17.8 Å². The molecule has 3 heterocycles. The smallest absolute Gasteiger partial charge is 0.191 e. The van der Waals surface area contributed by atoms with Crippen LogP contribution in [0, 0.1) is 6.92 Å². The number of aryl methyl sites for hydroxylation is 1. The molecule has 76 valence electrons. The molecular weight excluding hydrogens is 176 g/mol. The molecule has 0 N–H and O–H groups in total. The highest BCUT2D eigenvalue weighted by atomic mass is 16.3. The fraction of sp³-hybridized carbons (Fsp3) is 0.727. The van der Waals surface area contributed by atoms with E-state index in [-0.39, 0.29) is 0 Å². The maximum absolute atomic E-state index is 5.33. The van der Waals surface area contributed by atoms with Crippen molar-refractivity contribution in [2.24, 2.45) is 0 Å². The van der Waals surface area contributed by atoms with Crippen LogP contribution >= 0.6 is 0 Å². The molecule has 3 rings (SSSR count). The van der Waals surface area contributed by atoms with E-state index in [1.165, 1.54) is 44.6 Å². The first-order chi connectivity index (χ1) is 6.78. The number of hydrogen-bond donors (Lipinski definition) is 0. The highest BCUT2D eigenvalue weighted by Gasteiger charge is 2.43. The zero-order valence-corrected chi connectivity index (χ0v) is 8.62. The molecule has 0 saturated carbocycles. The van der Waals surface area contributed by atoms with Gasteiger partial charge in [0.1, 0.15) is 6.26 Å². The number of aromatic nitrogens is 1. The molecule has 14 heavy (non-hydrogen) atoms. The Hall–Kier alpha value is -0.830. The first kappa shape index (κ1) is 8.48. The van der Waals surface area contributed by atoms with Crippen molar-refractivity contribution in [2.45, 2.75) is 31.6 Å². The SMILES string of the molecule is Cc1nc(C23CCCN(CC2)C3)co1. The highest BCUT2D eigenvalue weighted by Crippen LogP contribution is 2.41. The maximum atomic E-state index is 5.33. The van der Waals surface area contributed by atoms with Crippen molar-refractivity contribution in [1.82, 2.24) is 9.88 Å². The molecule has 2 aliphatic heterocycles. The fourth-order valence-electron chi connectivity index (χ4n) is 2.94. The Morgan fingerprint density at radius 1 is 1.43 bits per heavy atom. The molecule has 2 bridgehead atoms. The van der Waals surface area contributed by atoms with Gasteiger partial charge in [0, 0.05) is 18.9 Å². The molecule has 2 unspecified atom stereocenters. The van der Waals surface area contributed by atoms with Crippen molar-refractivity contribution in [2.75, 3.05) is 19.6 Å². The minimum atomic E-state index is 0.329. The van der Waals surface area contributed by atoms with Gasteiger partial charge in [0.05, 0.1) is 5.69 Å². The normalized spacial score (nSPS) is 36.2. The standard InChI is InChI=1S/C11H16N2O/c1-9-12-10(7-14-9)11-3-2-5-13(8-11)6-4-11/h7H,2-6,8H2,1H3. The zero-order chi connectivity index (χ0) is 9.60. The Labute approximate surface area is 84.1 Å². The number of piperidine rings is 1. The van der Waals surface area contributed by atoms with Crippen LogP contribution in [0.15, 0.2) is 10.7 Å². The van der Waals surface area contributed by atoms with E-state index in [0.717, 1.165) is 5.89 Å². The van der Waals surface area contributed by atoms with E-state index in [1.54, 1.807) is 0 Å². The van der Waals surface area contributed by atoms with Crippen LogP contribution in [-0.2, 0) is 5.41 Å². The summed E-state index contributed by atoms with van der Waals surface area (Å²) in [5.74, 6) is 0.804. The molecule has 1 aromatic rings. The predicted molar refractivity (Wildman–Crippen MR) is 53.2 cm³/mol. The second-order valence-corrected chi connectivity index (χ2v) is 4.66. The van der Waals surface area contributed by atoms with Crippen LogP contribution in [-0.4, -0.2) is 29.5 Å². The Kier molecular flexibility index (Phi) is 1.71. The molecule has 3 heteroatoms. The van der Waals surface area contributed by atoms with Gasteiger partial charge >= 0.3 is 0 Å². The van der Waals surface area contributed by atoms with Gasteiger partial charge in [0.25, 0.3) is 0 Å². The number of nitrogens with zero attached hydrogens (tertiary/aromatic N) is 2. The summed E-state index contributed by atoms with van der Waals surface area (Å²) in [6.45, 7) is 5.64. The summed E-state index contributed by atoms with van der Waals surface area (Å²) in [4.78, 5) is 7.06. The molecule has 3 nitrogen and oxygen atoms in total. The van der Waals surface area contributed by atoms with Crippen molar-refractivity contribution in [3.8, 4) is 0 Å². The van der Waals surface area contributed by atoms with Crippen LogP contribution in [0.3, 0.4) is 0 Å². The van der Waals surface area contributed by atoms with Crippen molar-refractivity contribution in [3.63, 3.8) is 0 Å². The van der Waals surface area contributed by atoms with E-state index in [4.69, 9.17) is 4.42 Å². The third-order valence-electron chi connectivity index (χ3n) is 3.72. The van der Waals surface area contributed by atoms with E-state index >= 15 is 0 Å². The van der Waals surface area contributed by atoms with Crippen LogP contribution < -0.4 is 0 Å². The fourth-order valence-corrected chi connectivity index (χ4v) is 2.94. The molecule has 0 aliphatic carbocycles. The average molecular weight is 192 g/mol. The molecule has 0 aromatic carbocycles. The Morgan fingerprint density at radius 2 is 2.36 bits per heavy atom. The zero-order valence-electron chi connectivity index (χ0n) is 8.62. The van der Waals surface area contributed by atoms with Crippen molar-refractivity contribution >= 4 is 0 Å². The van der Waals surface area contributed by atoms with E-state index in [0.29, 0.717) is 5.41 Å². The topological polar surface area (TPSA) is 29.3 Å². The average Bonchev–Trinajstić information content (AvgIpc) is 2.73. The summed E-state index contributed by atoms with van der Waals surface area (Å²) in [6, 6.07) is 0. The van der Waals surface area contributed by atoms with Gasteiger partial charge in [0.15, 0.2) is 5.89 Å². The quantitative estimate of drug-likeness (QED) is 0.678. The second-order valence-electron chi connectivity index (χ2n) is 4.66. The van der Waals surface area contributed by atoms with Crippen LogP contribution in [0.1, 0.15) is 30.8 Å². The number of fused-ring (bicyclic) bond motifs is 2. The first-order valence-electron chi connectivity index (χ1n) is 5.44. The van der Waals surface area contributed by atoms with Crippen LogP contribution in [0.2, 0.25) is 0 Å². The van der Waals surface area contributed by atoms with Crippen molar-refractivity contribution < 1.29 is 4.42 Å². The summed E-state index contributed by atoms with van der Waals surface area (Å²) >= 11 is 0. The molecule has 1 aromatic heterocycles. The van der Waals surface area contributed by atoms with Gasteiger partial charge in [-0.15, -0.1) is 0 Å². The van der Waals surface area contributed by atoms with Crippen molar-refractivity contribution in [1.29, 1.82) is 0 Å². The first-order valence-corrected chi connectivity index (χ1v) is 5.44. The summed E-state index contributed by atoms with van der Waals surface area (Å²) in [7, 11) is 0. The number of oxazole rings is 1. The van der Waals surface area contributed by atoms with E-state index in [9.17, 15) is 0 Å². The van der Waals surface area contributed by atoms with E-state index < -0.39 is 0 Å². The van der Waals surface area contributed by atoms with E-state index in [2.05, 4.69) is 9.88 Å². The van der Waals surface area contributed by atoms with Gasteiger partial charge in [-0.1, -0.05) is 0 Å². The summed E-state index contributed by atoms with van der Waals surface area (Å²) in [6.07, 6.45) is 5.73. The molecule has 2 aliphatic rings. The molecule has 0 spiro atoms. The van der Waals surface area contributed by atoms with Crippen LogP contribution in [0.4, 0.5) is 0 Å². The minimum Gasteiger partial charge on any atom is -0.449 e. The lowest BCUT2D eigenvalue weighted by molar-refractivity contribution is 0.240. The summed E-state index contributed by atoms with van der Waals surface area (Å²) in [5.41, 5.74) is 1.52. The van der Waals surface area contributed by atoms with Crippen LogP contribution in [0.5, 0.6) is 0 Å². The number of hydrogen-bond acceptors (Lipinski definition) is 3. The molecule has 0 amide bonds. The lowest BCUT2D eigenvalue weighted by Crippen LogP contribution is -2.37. The Balaban J connectivity index is 1.96. The Bertz CT molecular complexity index is 343. The molecule has 2 fully saturated rings. The molecule has 2 saturated heterocycles. The molecular formula is C11H16N2O. The maximum Gasteiger partial charge on any atom is 0.191 e. The lowest BCUT2D eigenvalue weighted by atomic mass is 9.78. The van der Waals surface area contributed by atoms with Gasteiger partial charge < -0.3 is 9.32 Å². The van der Waals surface area contributed by atoms with Gasteiger partial charge in [-0.3, -0.25) is 0 Å². The minimum absolute atomic E-state index is 0.329. The molecule has 0 radical (unpaired) electrons. The summed E-state index contributed by atoms with van der Waals surface area (Å²) < 4.78 is 5.33. The van der Waals surface area contributed by atoms with Gasteiger partial charge in [-0.2, -0.15) is 0 Å². The largest absolute Gasteiger partial charge is 0.449 e. The third-order valence-corrected chi connectivity index (χ3v) is 3.72. The highest BCUT2D eigenvalue weighted by molar-refractivity contribution is 5.18. The van der Waals surface area contributed by atoms with Gasteiger partial charge in [0.2, 0.25) is 0 Å². The third kappa shape index (κ3) is 1.12. The monoisotopic (exact) mass is 192 g/mol. The van der Waals surface area contributed by atoms with E-state index in [1.807, 2.05) is 13.2 Å². The predicted octanol–water partition coefficient (Wildman–Crippen LogP) is 1.72. The second kappa shape index (κ2) is 2.83. The summed E-state index contributed by atoms with van der Waals surface area (Å²) in [5, 5.41) is 0. The van der Waals surface area contributed by atoms with Gasteiger partial charge in [-0.05, 0) is 32.4 Å². The number of rotatable bonds is 1. The molecule has 2 atom stereocenters.